The highest BCUT2D eigenvalue weighted by Gasteiger charge is 2.13. The minimum absolute atomic E-state index is 0.934. The van der Waals surface area contributed by atoms with E-state index in [0.717, 1.165) is 5.92 Å². The summed E-state index contributed by atoms with van der Waals surface area (Å²) in [6.45, 7) is 4.53. The fourth-order valence-corrected chi connectivity index (χ4v) is 2.05. The van der Waals surface area contributed by atoms with Crippen molar-refractivity contribution in [2.75, 3.05) is 0 Å². The van der Waals surface area contributed by atoms with Gasteiger partial charge in [0.2, 0.25) is 0 Å². The predicted octanol–water partition coefficient (Wildman–Crippen LogP) is 3.92. The molecule has 0 heterocycles. The third-order valence-corrected chi connectivity index (χ3v) is 2.78. The third kappa shape index (κ3) is 2.69. The Hall–Kier alpha value is -0.260. The molecule has 0 atom stereocenters. The van der Waals surface area contributed by atoms with Crippen LogP contribution in [0.4, 0.5) is 0 Å². The Labute approximate surface area is 70.7 Å². The van der Waals surface area contributed by atoms with Gasteiger partial charge >= 0.3 is 0 Å². The molecular formula is C11H20. The lowest BCUT2D eigenvalue weighted by atomic mass is 9.84. The van der Waals surface area contributed by atoms with Crippen LogP contribution in [0.25, 0.3) is 0 Å². The molecule has 0 aromatic rings. The fraction of sp³-hybridized carbons (Fsp3) is 0.818. The van der Waals surface area contributed by atoms with E-state index in [1.54, 1.807) is 5.57 Å². The standard InChI is InChI=1S/C11H20/c1-3-7-10(2)11-8-5-4-6-9-11/h7,11H,3-6,8-9H2,1-2H3/b10-7+. The van der Waals surface area contributed by atoms with Crippen LogP contribution in [0.15, 0.2) is 11.6 Å². The van der Waals surface area contributed by atoms with Crippen molar-refractivity contribution in [2.45, 2.75) is 52.4 Å². The van der Waals surface area contributed by atoms with Crippen molar-refractivity contribution in [3.05, 3.63) is 11.6 Å². The molecule has 1 aliphatic carbocycles. The smallest absolute Gasteiger partial charge is 0.0206 e. The van der Waals surface area contributed by atoms with E-state index in [-0.39, 0.29) is 0 Å². The number of rotatable bonds is 2. The van der Waals surface area contributed by atoms with E-state index in [9.17, 15) is 0 Å². The summed E-state index contributed by atoms with van der Waals surface area (Å²) in [5.41, 5.74) is 1.65. The molecule has 0 saturated heterocycles. The highest BCUT2D eigenvalue weighted by atomic mass is 14.2. The van der Waals surface area contributed by atoms with Crippen molar-refractivity contribution in [3.63, 3.8) is 0 Å². The average molecular weight is 152 g/mol. The number of hydrogen-bond acceptors (Lipinski definition) is 0. The SMILES string of the molecule is CC/C=C(\C)C1CCCCC1. The molecule has 0 aromatic heterocycles. The van der Waals surface area contributed by atoms with Crippen LogP contribution in [0, 0.1) is 5.92 Å². The van der Waals surface area contributed by atoms with Crippen molar-refractivity contribution in [3.8, 4) is 0 Å². The first-order valence-corrected chi connectivity index (χ1v) is 5.01. The summed E-state index contributed by atoms with van der Waals surface area (Å²) in [4.78, 5) is 0. The molecule has 0 radical (unpaired) electrons. The summed E-state index contributed by atoms with van der Waals surface area (Å²) in [7, 11) is 0. The van der Waals surface area contributed by atoms with E-state index in [2.05, 4.69) is 19.9 Å². The van der Waals surface area contributed by atoms with E-state index in [4.69, 9.17) is 0 Å². The summed E-state index contributed by atoms with van der Waals surface area (Å²) in [5.74, 6) is 0.934. The van der Waals surface area contributed by atoms with Crippen LogP contribution in [-0.2, 0) is 0 Å². The van der Waals surface area contributed by atoms with Crippen LogP contribution < -0.4 is 0 Å². The fourth-order valence-electron chi connectivity index (χ4n) is 2.05. The molecule has 0 aromatic carbocycles. The van der Waals surface area contributed by atoms with Gasteiger partial charge in [0.15, 0.2) is 0 Å². The molecule has 11 heavy (non-hydrogen) atoms. The lowest BCUT2D eigenvalue weighted by Crippen LogP contribution is -2.07. The van der Waals surface area contributed by atoms with Gasteiger partial charge in [0.05, 0.1) is 0 Å². The van der Waals surface area contributed by atoms with Gasteiger partial charge < -0.3 is 0 Å². The molecule has 0 spiro atoms. The van der Waals surface area contributed by atoms with Gasteiger partial charge in [-0.1, -0.05) is 37.8 Å². The second-order valence-corrected chi connectivity index (χ2v) is 3.69. The normalized spacial score (nSPS) is 22.2. The maximum Gasteiger partial charge on any atom is -0.0206 e. The van der Waals surface area contributed by atoms with Crippen molar-refractivity contribution in [1.29, 1.82) is 0 Å². The molecule has 1 rings (SSSR count). The van der Waals surface area contributed by atoms with Gasteiger partial charge in [0.1, 0.15) is 0 Å². The Morgan fingerprint density at radius 2 is 1.91 bits per heavy atom. The number of hydrogen-bond donors (Lipinski definition) is 0. The summed E-state index contributed by atoms with van der Waals surface area (Å²) in [6, 6.07) is 0. The minimum atomic E-state index is 0.934. The van der Waals surface area contributed by atoms with E-state index in [0.29, 0.717) is 0 Å². The molecule has 0 N–H and O–H groups in total. The molecule has 1 saturated carbocycles. The maximum absolute atomic E-state index is 2.40. The monoisotopic (exact) mass is 152 g/mol. The molecule has 0 bridgehead atoms. The minimum Gasteiger partial charge on any atom is -0.0856 e. The van der Waals surface area contributed by atoms with E-state index >= 15 is 0 Å². The van der Waals surface area contributed by atoms with Crippen LogP contribution in [0.1, 0.15) is 52.4 Å². The Morgan fingerprint density at radius 1 is 1.27 bits per heavy atom. The maximum atomic E-state index is 2.40. The van der Waals surface area contributed by atoms with Crippen LogP contribution in [0.5, 0.6) is 0 Å². The zero-order valence-electron chi connectivity index (χ0n) is 7.90. The van der Waals surface area contributed by atoms with Gasteiger partial charge in [-0.3, -0.25) is 0 Å². The lowest BCUT2D eigenvalue weighted by molar-refractivity contribution is 0.402. The summed E-state index contributed by atoms with van der Waals surface area (Å²) >= 11 is 0. The highest BCUT2D eigenvalue weighted by Crippen LogP contribution is 2.29. The van der Waals surface area contributed by atoms with Crippen molar-refractivity contribution in [1.82, 2.24) is 0 Å². The average Bonchev–Trinajstić information content (AvgIpc) is 2.07. The molecule has 1 fully saturated rings. The second-order valence-electron chi connectivity index (χ2n) is 3.69. The van der Waals surface area contributed by atoms with Gasteiger partial charge in [0.25, 0.3) is 0 Å². The van der Waals surface area contributed by atoms with Gasteiger partial charge in [-0.15, -0.1) is 0 Å². The molecule has 64 valence electrons. The lowest BCUT2D eigenvalue weighted by Gasteiger charge is -2.22. The van der Waals surface area contributed by atoms with Crippen LogP contribution in [-0.4, -0.2) is 0 Å². The zero-order chi connectivity index (χ0) is 8.10. The quantitative estimate of drug-likeness (QED) is 0.526. The Morgan fingerprint density at radius 3 is 2.45 bits per heavy atom. The van der Waals surface area contributed by atoms with E-state index in [1.807, 2.05) is 0 Å². The van der Waals surface area contributed by atoms with E-state index < -0.39 is 0 Å². The van der Waals surface area contributed by atoms with Crippen molar-refractivity contribution >= 4 is 0 Å². The largest absolute Gasteiger partial charge is 0.0856 e. The second kappa shape index (κ2) is 4.58. The molecule has 0 heteroatoms. The summed E-state index contributed by atoms with van der Waals surface area (Å²) in [5, 5.41) is 0. The van der Waals surface area contributed by atoms with E-state index in [1.165, 1.54) is 38.5 Å². The molecular weight excluding hydrogens is 132 g/mol. The molecule has 0 nitrogen and oxygen atoms in total. The van der Waals surface area contributed by atoms with Crippen LogP contribution in [0.3, 0.4) is 0 Å². The molecule has 0 aliphatic heterocycles. The van der Waals surface area contributed by atoms with Gasteiger partial charge in [-0.25, -0.2) is 0 Å². The Bertz CT molecular complexity index is 127. The third-order valence-electron chi connectivity index (χ3n) is 2.78. The van der Waals surface area contributed by atoms with Gasteiger partial charge in [-0.05, 0) is 32.1 Å². The molecule has 1 aliphatic rings. The summed E-state index contributed by atoms with van der Waals surface area (Å²) in [6.07, 6.45) is 10.9. The number of allylic oxidation sites excluding steroid dienone is 2. The first kappa shape index (κ1) is 8.83. The van der Waals surface area contributed by atoms with Gasteiger partial charge in [0, 0.05) is 0 Å². The summed E-state index contributed by atoms with van der Waals surface area (Å²) < 4.78 is 0. The zero-order valence-corrected chi connectivity index (χ0v) is 7.90. The highest BCUT2D eigenvalue weighted by molar-refractivity contribution is 5.03. The first-order valence-electron chi connectivity index (χ1n) is 5.01. The van der Waals surface area contributed by atoms with Crippen molar-refractivity contribution in [2.24, 2.45) is 5.92 Å². The Kier molecular flexibility index (Phi) is 3.68. The van der Waals surface area contributed by atoms with Crippen LogP contribution >= 0.6 is 0 Å². The van der Waals surface area contributed by atoms with Gasteiger partial charge in [-0.2, -0.15) is 0 Å². The first-order chi connectivity index (χ1) is 5.34. The molecule has 0 unspecified atom stereocenters. The molecule has 0 amide bonds. The predicted molar refractivity (Wildman–Crippen MR) is 50.6 cm³/mol. The topological polar surface area (TPSA) is 0 Å². The van der Waals surface area contributed by atoms with Crippen molar-refractivity contribution < 1.29 is 0 Å². The van der Waals surface area contributed by atoms with Crippen LogP contribution in [0.2, 0.25) is 0 Å². The Balaban J connectivity index is 2.38.